The normalized spacial score (nSPS) is 10.6. The van der Waals surface area contributed by atoms with Gasteiger partial charge in [0.05, 0.1) is 0 Å². The van der Waals surface area contributed by atoms with Crippen LogP contribution in [0.25, 0.3) is 5.95 Å². The fourth-order valence-electron chi connectivity index (χ4n) is 1.60. The molecule has 8 heteroatoms. The van der Waals surface area contributed by atoms with Crippen molar-refractivity contribution in [3.8, 4) is 12.0 Å². The van der Waals surface area contributed by atoms with Crippen LogP contribution in [0.3, 0.4) is 0 Å². The van der Waals surface area contributed by atoms with Crippen LogP contribution in [0.5, 0.6) is 6.01 Å². The van der Waals surface area contributed by atoms with E-state index in [9.17, 15) is 0 Å². The van der Waals surface area contributed by atoms with Gasteiger partial charge in [0.2, 0.25) is 5.28 Å². The first-order valence-corrected chi connectivity index (χ1v) is 6.75. The second kappa shape index (κ2) is 6.07. The highest BCUT2D eigenvalue weighted by Gasteiger charge is 2.08. The molecule has 0 aliphatic rings. The van der Waals surface area contributed by atoms with E-state index in [2.05, 4.69) is 20.1 Å². The van der Waals surface area contributed by atoms with E-state index in [0.717, 1.165) is 5.56 Å². The van der Waals surface area contributed by atoms with Crippen LogP contribution in [0.15, 0.2) is 42.7 Å². The van der Waals surface area contributed by atoms with Gasteiger partial charge in [-0.15, -0.1) is 0 Å². The summed E-state index contributed by atoms with van der Waals surface area (Å²) in [6, 6.07) is 9.19. The second-order valence-electron chi connectivity index (χ2n) is 4.05. The fraction of sp³-hybridized carbons (Fsp3) is 0.0769. The summed E-state index contributed by atoms with van der Waals surface area (Å²) in [5.74, 6) is 0.297. The summed E-state index contributed by atoms with van der Waals surface area (Å²) >= 11 is 11.7. The zero-order valence-electron chi connectivity index (χ0n) is 10.6. The number of nitrogens with zero attached hydrogens (tertiary/aromatic N) is 5. The van der Waals surface area contributed by atoms with Crippen molar-refractivity contribution in [2.24, 2.45) is 0 Å². The van der Waals surface area contributed by atoms with Gasteiger partial charge in [-0.05, 0) is 35.4 Å². The lowest BCUT2D eigenvalue weighted by Gasteiger charge is -2.06. The van der Waals surface area contributed by atoms with Crippen LogP contribution in [0.1, 0.15) is 5.56 Å². The van der Waals surface area contributed by atoms with Crippen molar-refractivity contribution in [2.45, 2.75) is 6.61 Å². The molecule has 6 nitrogen and oxygen atoms in total. The molecule has 0 saturated heterocycles. The van der Waals surface area contributed by atoms with Crippen molar-refractivity contribution in [1.82, 2.24) is 24.7 Å². The monoisotopic (exact) mass is 321 g/mol. The Labute approximate surface area is 130 Å². The number of rotatable bonds is 4. The summed E-state index contributed by atoms with van der Waals surface area (Å²) in [6.07, 6.45) is 3.32. The summed E-state index contributed by atoms with van der Waals surface area (Å²) in [4.78, 5) is 12.1. The predicted molar refractivity (Wildman–Crippen MR) is 77.7 cm³/mol. The standard InChI is InChI=1S/C13H9Cl2N5O/c14-10-4-2-9(3-5-10)8-21-13-18-11(15)17-12(19-13)20-7-1-6-16-20/h1-7H,8H2. The Morgan fingerprint density at radius 2 is 1.86 bits per heavy atom. The van der Waals surface area contributed by atoms with E-state index in [1.165, 1.54) is 4.68 Å². The van der Waals surface area contributed by atoms with Crippen molar-refractivity contribution in [3.05, 3.63) is 58.6 Å². The highest BCUT2D eigenvalue weighted by molar-refractivity contribution is 6.30. The van der Waals surface area contributed by atoms with E-state index in [0.29, 0.717) is 17.6 Å². The molecule has 0 N–H and O–H groups in total. The Balaban J connectivity index is 1.78. The highest BCUT2D eigenvalue weighted by atomic mass is 35.5. The number of aromatic nitrogens is 5. The third-order valence-electron chi connectivity index (χ3n) is 2.57. The molecule has 3 rings (SSSR count). The largest absolute Gasteiger partial charge is 0.458 e. The van der Waals surface area contributed by atoms with Gasteiger partial charge in [-0.25, -0.2) is 4.68 Å². The molecule has 0 aliphatic carbocycles. The zero-order valence-corrected chi connectivity index (χ0v) is 12.2. The molecule has 0 radical (unpaired) electrons. The molecular formula is C13H9Cl2N5O. The van der Waals surface area contributed by atoms with E-state index in [1.54, 1.807) is 30.6 Å². The molecule has 0 fully saturated rings. The van der Waals surface area contributed by atoms with Gasteiger partial charge in [0.25, 0.3) is 5.95 Å². The molecule has 2 aromatic heterocycles. The minimum absolute atomic E-state index is 0.0432. The lowest BCUT2D eigenvalue weighted by molar-refractivity contribution is 0.279. The molecule has 1 aromatic carbocycles. The van der Waals surface area contributed by atoms with Crippen LogP contribution in [0, 0.1) is 0 Å². The lowest BCUT2D eigenvalue weighted by Crippen LogP contribution is -2.07. The molecule has 0 atom stereocenters. The number of ether oxygens (including phenoxy) is 1. The first-order chi connectivity index (χ1) is 10.2. The van der Waals surface area contributed by atoms with Gasteiger partial charge < -0.3 is 4.74 Å². The Morgan fingerprint density at radius 1 is 1.05 bits per heavy atom. The SMILES string of the molecule is Clc1ccc(COc2nc(Cl)nc(-n3cccn3)n2)cc1. The molecule has 0 amide bonds. The Morgan fingerprint density at radius 3 is 2.57 bits per heavy atom. The van der Waals surface area contributed by atoms with Crippen LogP contribution >= 0.6 is 23.2 Å². The summed E-state index contributed by atoms with van der Waals surface area (Å²) in [6.45, 7) is 0.302. The summed E-state index contributed by atoms with van der Waals surface area (Å²) in [5, 5.41) is 4.74. The molecule has 21 heavy (non-hydrogen) atoms. The van der Waals surface area contributed by atoms with Crippen LogP contribution in [0.4, 0.5) is 0 Å². The molecule has 0 spiro atoms. The molecule has 2 heterocycles. The third-order valence-corrected chi connectivity index (χ3v) is 2.99. The van der Waals surface area contributed by atoms with Crippen LogP contribution < -0.4 is 4.74 Å². The van der Waals surface area contributed by atoms with Gasteiger partial charge in [-0.1, -0.05) is 23.7 Å². The fourth-order valence-corrected chi connectivity index (χ4v) is 1.88. The molecule has 0 saturated carbocycles. The predicted octanol–water partition coefficient (Wildman–Crippen LogP) is 2.94. The number of hydrogen-bond acceptors (Lipinski definition) is 5. The van der Waals surface area contributed by atoms with Crippen LogP contribution in [-0.4, -0.2) is 24.7 Å². The van der Waals surface area contributed by atoms with E-state index in [-0.39, 0.29) is 11.3 Å². The number of halogens is 2. The average molecular weight is 322 g/mol. The summed E-state index contributed by atoms with van der Waals surface area (Å²) in [7, 11) is 0. The number of hydrogen-bond donors (Lipinski definition) is 0. The van der Waals surface area contributed by atoms with Crippen molar-refractivity contribution in [2.75, 3.05) is 0 Å². The van der Waals surface area contributed by atoms with Gasteiger partial charge in [0, 0.05) is 17.4 Å². The van der Waals surface area contributed by atoms with Crippen LogP contribution in [-0.2, 0) is 6.61 Å². The Hall–Kier alpha value is -2.18. The molecule has 106 valence electrons. The van der Waals surface area contributed by atoms with Gasteiger partial charge in [0.15, 0.2) is 0 Å². The number of benzene rings is 1. The Bertz CT molecular complexity index is 731. The van der Waals surface area contributed by atoms with Crippen molar-refractivity contribution >= 4 is 23.2 Å². The van der Waals surface area contributed by atoms with Crippen molar-refractivity contribution < 1.29 is 4.74 Å². The van der Waals surface area contributed by atoms with Gasteiger partial charge in [-0.2, -0.15) is 20.1 Å². The van der Waals surface area contributed by atoms with Gasteiger partial charge in [-0.3, -0.25) is 0 Å². The maximum absolute atomic E-state index is 5.87. The molecule has 0 unspecified atom stereocenters. The molecule has 3 aromatic rings. The first kappa shape index (κ1) is 13.8. The topological polar surface area (TPSA) is 65.7 Å². The zero-order chi connectivity index (χ0) is 14.7. The van der Waals surface area contributed by atoms with E-state index < -0.39 is 0 Å². The quantitative estimate of drug-likeness (QED) is 0.739. The summed E-state index contributed by atoms with van der Waals surface area (Å²) < 4.78 is 7.00. The van der Waals surface area contributed by atoms with E-state index in [1.807, 2.05) is 12.1 Å². The molecule has 0 aliphatic heterocycles. The van der Waals surface area contributed by atoms with E-state index >= 15 is 0 Å². The van der Waals surface area contributed by atoms with E-state index in [4.69, 9.17) is 27.9 Å². The minimum atomic E-state index is 0.0432. The van der Waals surface area contributed by atoms with Crippen molar-refractivity contribution in [3.63, 3.8) is 0 Å². The van der Waals surface area contributed by atoms with Crippen molar-refractivity contribution in [1.29, 1.82) is 0 Å². The molecule has 0 bridgehead atoms. The maximum atomic E-state index is 5.87. The van der Waals surface area contributed by atoms with Gasteiger partial charge >= 0.3 is 6.01 Å². The average Bonchev–Trinajstić information content (AvgIpc) is 3.00. The van der Waals surface area contributed by atoms with Crippen LogP contribution in [0.2, 0.25) is 10.3 Å². The maximum Gasteiger partial charge on any atom is 0.322 e. The van der Waals surface area contributed by atoms with Gasteiger partial charge in [0.1, 0.15) is 6.61 Å². The Kier molecular flexibility index (Phi) is 3.98. The lowest BCUT2D eigenvalue weighted by atomic mass is 10.2. The third kappa shape index (κ3) is 3.48. The highest BCUT2D eigenvalue weighted by Crippen LogP contribution is 2.14. The minimum Gasteiger partial charge on any atom is -0.458 e. The second-order valence-corrected chi connectivity index (χ2v) is 4.83. The summed E-state index contributed by atoms with van der Waals surface area (Å²) in [5.41, 5.74) is 0.941. The first-order valence-electron chi connectivity index (χ1n) is 5.99. The molecular weight excluding hydrogens is 313 g/mol. The smallest absolute Gasteiger partial charge is 0.322 e.